The number of carbonyl (C=O) groups is 3. The molecule has 3 amide bonds. The van der Waals surface area contributed by atoms with Crippen molar-refractivity contribution in [2.75, 3.05) is 96.1 Å². The Morgan fingerprint density at radius 2 is 1.75 bits per heavy atom. The lowest BCUT2D eigenvalue weighted by molar-refractivity contribution is -0.141. The number of rotatable bonds is 23. The number of halogens is 2. The zero-order valence-corrected chi connectivity index (χ0v) is 44.5. The highest BCUT2D eigenvalue weighted by molar-refractivity contribution is 7.13. The highest BCUT2D eigenvalue weighted by atomic mass is 32.1. The number of nitrogens with one attached hydrogen (secondary N) is 3. The normalized spacial score (nSPS) is 16.1. The molecule has 3 atom stereocenters. The molecule has 406 valence electrons. The van der Waals surface area contributed by atoms with Gasteiger partial charge in [0.2, 0.25) is 23.7 Å². The van der Waals surface area contributed by atoms with E-state index in [9.17, 15) is 24.6 Å². The minimum Gasteiger partial charge on any atom is -0.507 e. The summed E-state index contributed by atoms with van der Waals surface area (Å²) in [4.78, 5) is 60.5. The zero-order valence-electron chi connectivity index (χ0n) is 43.7. The van der Waals surface area contributed by atoms with Crippen LogP contribution in [0.4, 0.5) is 20.5 Å². The second kappa shape index (κ2) is 25.3. The third kappa shape index (κ3) is 13.0. The number of aliphatic hydroxyl groups is 1. The average molecular weight is 1070 g/mol. The molecule has 2 aliphatic heterocycles. The number of aromatic hydroxyl groups is 1. The number of nitrogens with zero attached hydrogens (tertiary/aromatic N) is 7. The molecule has 0 bridgehead atoms. The summed E-state index contributed by atoms with van der Waals surface area (Å²) in [5.41, 5.74) is 4.97. The maximum Gasteiger partial charge on any atom is 0.243 e. The van der Waals surface area contributed by atoms with Crippen molar-refractivity contribution >= 4 is 51.7 Å². The summed E-state index contributed by atoms with van der Waals surface area (Å²) in [6, 6.07) is 12.1. The van der Waals surface area contributed by atoms with Crippen LogP contribution in [-0.2, 0) is 30.4 Å². The predicted octanol–water partition coefficient (Wildman–Crippen LogP) is 6.12. The number of amides is 3. The van der Waals surface area contributed by atoms with Gasteiger partial charge in [-0.1, -0.05) is 37.2 Å². The van der Waals surface area contributed by atoms with E-state index < -0.39 is 35.6 Å². The first kappa shape index (κ1) is 55.4. The van der Waals surface area contributed by atoms with Gasteiger partial charge in [-0.3, -0.25) is 14.4 Å². The molecule has 8 rings (SSSR count). The number of hydrogen-bond acceptors (Lipinski definition) is 17. The summed E-state index contributed by atoms with van der Waals surface area (Å²) in [5.74, 6) is -2.02. The van der Waals surface area contributed by atoms with Gasteiger partial charge >= 0.3 is 0 Å². The van der Waals surface area contributed by atoms with Crippen LogP contribution in [0.15, 0.2) is 58.6 Å². The SMILES string of the molecule is Cc1cc([C@@H](C(=O)N2C[C@H](O)C[C@H]2C(=O)NCc2ccc(-c3scnc3C)cc2OCCOCCOCCN(C)C(=O)CCNc2nc(N3CCNCC3)c3cc(C)c(-c4c(O)cccc4F)c(F)c3n2)C(C)C)on1. The molecule has 6 aromatic rings. The number of likely N-dealkylation sites (tertiary alicyclic amines) is 1. The van der Waals surface area contributed by atoms with Crippen molar-refractivity contribution in [2.45, 2.75) is 72.1 Å². The van der Waals surface area contributed by atoms with E-state index in [1.54, 1.807) is 43.4 Å². The third-order valence-electron chi connectivity index (χ3n) is 13.5. The Labute approximate surface area is 443 Å². The first-order valence-corrected chi connectivity index (χ1v) is 26.4. The largest absolute Gasteiger partial charge is 0.507 e. The number of phenolic OH excluding ortho intramolecular Hbond substituents is 1. The second-order valence-corrected chi connectivity index (χ2v) is 20.2. The number of piperazine rings is 1. The topological polar surface area (TPSA) is 230 Å². The molecule has 76 heavy (non-hydrogen) atoms. The third-order valence-corrected chi connectivity index (χ3v) is 14.5. The smallest absolute Gasteiger partial charge is 0.243 e. The molecule has 3 aromatic heterocycles. The van der Waals surface area contributed by atoms with E-state index in [1.807, 2.05) is 43.9 Å². The minimum absolute atomic E-state index is 0.0261. The maximum absolute atomic E-state index is 16.5. The summed E-state index contributed by atoms with van der Waals surface area (Å²) < 4.78 is 54.8. The first-order chi connectivity index (χ1) is 36.6. The van der Waals surface area contributed by atoms with Crippen LogP contribution in [0, 0.1) is 38.3 Å². The lowest BCUT2D eigenvalue weighted by Gasteiger charge is -2.30. The van der Waals surface area contributed by atoms with E-state index >= 15 is 8.78 Å². The summed E-state index contributed by atoms with van der Waals surface area (Å²) in [6.07, 6.45) is -0.670. The highest BCUT2D eigenvalue weighted by Gasteiger charge is 2.43. The molecule has 0 radical (unpaired) electrons. The van der Waals surface area contributed by atoms with Crippen molar-refractivity contribution in [2.24, 2.45) is 5.92 Å². The first-order valence-electron chi connectivity index (χ1n) is 25.5. The van der Waals surface area contributed by atoms with E-state index in [0.717, 1.165) is 16.1 Å². The molecular formula is C54H66F2N10O9S. The lowest BCUT2D eigenvalue weighted by Crippen LogP contribution is -2.48. The van der Waals surface area contributed by atoms with E-state index in [-0.39, 0.29) is 112 Å². The molecule has 3 aromatic carbocycles. The van der Waals surface area contributed by atoms with Crippen LogP contribution in [0.2, 0.25) is 0 Å². The Morgan fingerprint density at radius 1 is 0.987 bits per heavy atom. The van der Waals surface area contributed by atoms with Crippen LogP contribution < -0.4 is 25.6 Å². The fourth-order valence-corrected chi connectivity index (χ4v) is 10.3. The molecule has 5 N–H and O–H groups in total. The number of fused-ring (bicyclic) bond motifs is 1. The number of ether oxygens (including phenoxy) is 3. The summed E-state index contributed by atoms with van der Waals surface area (Å²) in [6.45, 7) is 13.7. The lowest BCUT2D eigenvalue weighted by atomic mass is 9.91. The number of carbonyl (C=O) groups excluding carboxylic acids is 3. The number of aryl methyl sites for hydroxylation is 3. The minimum atomic E-state index is -0.881. The van der Waals surface area contributed by atoms with Gasteiger partial charge in [0.05, 0.1) is 59.9 Å². The van der Waals surface area contributed by atoms with Crippen LogP contribution in [0.25, 0.3) is 32.5 Å². The van der Waals surface area contributed by atoms with Crippen molar-refractivity contribution in [3.05, 3.63) is 94.0 Å². The summed E-state index contributed by atoms with van der Waals surface area (Å²) in [7, 11) is 1.68. The van der Waals surface area contributed by atoms with Crippen LogP contribution in [0.1, 0.15) is 60.9 Å². The highest BCUT2D eigenvalue weighted by Crippen LogP contribution is 2.41. The van der Waals surface area contributed by atoms with Crippen LogP contribution in [0.3, 0.4) is 0 Å². The molecule has 0 unspecified atom stereocenters. The predicted molar refractivity (Wildman–Crippen MR) is 283 cm³/mol. The summed E-state index contributed by atoms with van der Waals surface area (Å²) in [5, 5.41) is 35.0. The fraction of sp³-hybridized carbons (Fsp3) is 0.463. The maximum atomic E-state index is 16.5. The monoisotopic (exact) mass is 1070 g/mol. The van der Waals surface area contributed by atoms with E-state index in [1.165, 1.54) is 34.4 Å². The Balaban J connectivity index is 0.794. The average Bonchev–Trinajstić information content (AvgIpc) is 4.18. The number of thiazole rings is 1. The van der Waals surface area contributed by atoms with E-state index in [0.29, 0.717) is 72.3 Å². The van der Waals surface area contributed by atoms with Gasteiger partial charge in [-0.05, 0) is 62.1 Å². The fourth-order valence-electron chi connectivity index (χ4n) is 9.54. The van der Waals surface area contributed by atoms with Gasteiger partial charge in [0.25, 0.3) is 0 Å². The number of β-amino-alcohol motifs (C(OH)–C–C–N with tert-alkyl or cyclic N) is 1. The van der Waals surface area contributed by atoms with E-state index in [2.05, 4.69) is 31.1 Å². The number of aliphatic hydroxyl groups excluding tert-OH is 1. The van der Waals surface area contributed by atoms with Gasteiger partial charge in [-0.25, -0.2) is 18.7 Å². The molecule has 22 heteroatoms. The number of aromatic nitrogens is 4. The number of likely N-dealkylation sites (N-methyl/N-ethyl adjacent to an activating group) is 1. The van der Waals surface area contributed by atoms with Crippen molar-refractivity contribution < 1.29 is 52.1 Å². The molecule has 0 spiro atoms. The molecular weight excluding hydrogens is 1000 g/mol. The molecule has 19 nitrogen and oxygen atoms in total. The quantitative estimate of drug-likeness (QED) is 0.0456. The molecule has 5 heterocycles. The van der Waals surface area contributed by atoms with Crippen molar-refractivity contribution in [3.8, 4) is 33.1 Å². The standard InChI is InChI=1S/C54H66F2N10O9S/c1-31(2)45(43-25-33(4)63-75-43)53(71)66-29-37(67)27-40(66)52(70)59-28-36-11-10-35(50-34(5)60-30-76-50)26-42(36)74-23-22-73-21-20-72-19-18-64(6)44(69)12-13-58-54-61-49-38(51(62-54)65-16-14-57-15-17-65)24-32(3)46(48(49)56)47-39(55)8-7-9-41(47)68/h7-11,24-26,30-31,37,40,45,57,67-68H,12-23,27-29H2,1-6H3,(H,59,70)(H,58,61,62)/t37-,40+,45+/m1/s1. The number of anilines is 2. The van der Waals surface area contributed by atoms with Crippen LogP contribution in [0.5, 0.6) is 11.5 Å². The van der Waals surface area contributed by atoms with Crippen molar-refractivity contribution in [1.82, 2.24) is 40.5 Å². The van der Waals surface area contributed by atoms with Gasteiger partial charge in [0.15, 0.2) is 5.82 Å². The van der Waals surface area contributed by atoms with Gasteiger partial charge in [0, 0.05) is 94.8 Å². The van der Waals surface area contributed by atoms with Gasteiger partial charge in [-0.2, -0.15) is 4.98 Å². The van der Waals surface area contributed by atoms with Gasteiger partial charge in [0.1, 0.15) is 53.0 Å². The van der Waals surface area contributed by atoms with Crippen molar-refractivity contribution in [3.63, 3.8) is 0 Å². The Bertz CT molecular complexity index is 2980. The number of phenols is 1. The molecule has 0 saturated carbocycles. The van der Waals surface area contributed by atoms with Crippen LogP contribution in [-0.4, -0.2) is 156 Å². The summed E-state index contributed by atoms with van der Waals surface area (Å²) >= 11 is 1.51. The Kier molecular flexibility index (Phi) is 18.5. The van der Waals surface area contributed by atoms with Crippen molar-refractivity contribution in [1.29, 1.82) is 0 Å². The van der Waals surface area contributed by atoms with Crippen LogP contribution >= 0.6 is 11.3 Å². The number of hydrogen-bond donors (Lipinski definition) is 5. The Hall–Kier alpha value is -6.85. The van der Waals surface area contributed by atoms with E-state index in [4.69, 9.17) is 23.7 Å². The molecule has 2 aliphatic rings. The van der Waals surface area contributed by atoms with Gasteiger partial charge in [-0.15, -0.1) is 11.3 Å². The van der Waals surface area contributed by atoms with Gasteiger partial charge < -0.3 is 59.6 Å². The molecule has 0 aliphatic carbocycles. The zero-order chi connectivity index (χ0) is 54.0. The Morgan fingerprint density at radius 3 is 2.46 bits per heavy atom. The molecule has 2 saturated heterocycles. The molecule has 2 fully saturated rings. The second-order valence-electron chi connectivity index (χ2n) is 19.4. The number of benzene rings is 3.